The van der Waals surface area contributed by atoms with Crippen LogP contribution in [0.2, 0.25) is 0 Å². The fourth-order valence-corrected chi connectivity index (χ4v) is 2.19. The Hall–Kier alpha value is -3.44. The van der Waals surface area contributed by atoms with E-state index in [9.17, 15) is 36.9 Å². The van der Waals surface area contributed by atoms with Gasteiger partial charge in [0.1, 0.15) is 11.4 Å². The number of hydrogen-bond acceptors (Lipinski definition) is 5. The molecule has 1 heterocycles. The van der Waals surface area contributed by atoms with Gasteiger partial charge in [-0.25, -0.2) is 4.39 Å². The van der Waals surface area contributed by atoms with Crippen molar-refractivity contribution in [3.63, 3.8) is 0 Å². The number of rotatable bonds is 3. The van der Waals surface area contributed by atoms with Crippen LogP contribution >= 0.6 is 0 Å². The minimum atomic E-state index is -4.95. The zero-order chi connectivity index (χ0) is 20.0. The van der Waals surface area contributed by atoms with Crippen LogP contribution in [-0.4, -0.2) is 23.0 Å². The highest BCUT2D eigenvalue weighted by Gasteiger charge is 2.65. The van der Waals surface area contributed by atoms with Crippen molar-refractivity contribution in [2.75, 3.05) is 5.32 Å². The van der Waals surface area contributed by atoms with E-state index in [0.29, 0.717) is 6.07 Å². The predicted molar refractivity (Wildman–Crippen MR) is 78.6 cm³/mol. The van der Waals surface area contributed by atoms with Gasteiger partial charge in [0.05, 0.1) is 4.92 Å². The molecule has 7 nitrogen and oxygen atoms in total. The SMILES string of the molecule is O=C(Nc1ccc2c(c1)OC(F)(F)C(F)(F)O2)c1cc(F)ccc1[N+](=O)[O-]. The lowest BCUT2D eigenvalue weighted by Gasteiger charge is -2.31. The summed E-state index contributed by atoms with van der Waals surface area (Å²) in [5.41, 5.74) is -1.56. The highest BCUT2D eigenvalue weighted by Crippen LogP contribution is 2.47. The Labute approximate surface area is 146 Å². The van der Waals surface area contributed by atoms with Crippen LogP contribution in [0.25, 0.3) is 0 Å². The van der Waals surface area contributed by atoms with E-state index in [2.05, 4.69) is 14.8 Å². The van der Waals surface area contributed by atoms with E-state index < -0.39 is 51.6 Å². The third-order valence-corrected chi connectivity index (χ3v) is 3.42. The number of carbonyl (C=O) groups excluding carboxylic acids is 1. The number of halogens is 5. The van der Waals surface area contributed by atoms with Gasteiger partial charge in [-0.1, -0.05) is 0 Å². The molecule has 0 aliphatic carbocycles. The molecule has 2 aromatic rings. The summed E-state index contributed by atoms with van der Waals surface area (Å²) in [6.07, 6.45) is -9.85. The lowest BCUT2D eigenvalue weighted by Crippen LogP contribution is -2.52. The van der Waals surface area contributed by atoms with Crippen molar-refractivity contribution in [3.8, 4) is 11.5 Å². The summed E-state index contributed by atoms with van der Waals surface area (Å²) in [7, 11) is 0. The Bertz CT molecular complexity index is 950. The number of nitrogens with zero attached hydrogens (tertiary/aromatic N) is 1. The van der Waals surface area contributed by atoms with Crippen LogP contribution < -0.4 is 14.8 Å². The summed E-state index contributed by atoms with van der Waals surface area (Å²) in [6.45, 7) is 0. The van der Waals surface area contributed by atoms with Crippen LogP contribution in [0.5, 0.6) is 11.5 Å². The number of hydrogen-bond donors (Lipinski definition) is 1. The van der Waals surface area contributed by atoms with Gasteiger partial charge >= 0.3 is 12.2 Å². The Morgan fingerprint density at radius 3 is 2.26 bits per heavy atom. The first-order chi connectivity index (χ1) is 12.5. The van der Waals surface area contributed by atoms with Crippen molar-refractivity contribution in [3.05, 3.63) is 57.9 Å². The zero-order valence-electron chi connectivity index (χ0n) is 12.8. The van der Waals surface area contributed by atoms with Crippen molar-refractivity contribution in [1.82, 2.24) is 0 Å². The molecule has 0 saturated carbocycles. The number of nitrogens with one attached hydrogen (secondary N) is 1. The van der Waals surface area contributed by atoms with Crippen LogP contribution in [-0.2, 0) is 0 Å². The topological polar surface area (TPSA) is 90.7 Å². The van der Waals surface area contributed by atoms with Gasteiger partial charge in [0.25, 0.3) is 11.6 Å². The highest BCUT2D eigenvalue weighted by atomic mass is 19.3. The molecule has 1 aliphatic heterocycles. The average Bonchev–Trinajstić information content (AvgIpc) is 2.55. The smallest absolute Gasteiger partial charge is 0.421 e. The molecule has 0 bridgehead atoms. The Kier molecular flexibility index (Phi) is 4.13. The molecule has 0 radical (unpaired) electrons. The summed E-state index contributed by atoms with van der Waals surface area (Å²) in [5, 5.41) is 13.0. The number of anilines is 1. The fourth-order valence-electron chi connectivity index (χ4n) is 2.19. The summed E-state index contributed by atoms with van der Waals surface area (Å²) < 4.78 is 73.7. The minimum absolute atomic E-state index is 0.234. The lowest BCUT2D eigenvalue weighted by atomic mass is 10.1. The van der Waals surface area contributed by atoms with E-state index in [1.807, 2.05) is 0 Å². The number of amides is 1. The number of ether oxygens (including phenoxy) is 2. The van der Waals surface area contributed by atoms with E-state index in [1.165, 1.54) is 0 Å². The van der Waals surface area contributed by atoms with E-state index in [0.717, 1.165) is 30.3 Å². The molecule has 1 aliphatic rings. The second-order valence-corrected chi connectivity index (χ2v) is 5.27. The second-order valence-electron chi connectivity index (χ2n) is 5.27. The summed E-state index contributed by atoms with van der Waals surface area (Å²) in [4.78, 5) is 22.2. The van der Waals surface area contributed by atoms with E-state index in [1.54, 1.807) is 0 Å². The number of nitro groups is 1. The first-order valence-electron chi connectivity index (χ1n) is 7.03. The first-order valence-corrected chi connectivity index (χ1v) is 7.03. The van der Waals surface area contributed by atoms with Gasteiger partial charge in [0.2, 0.25) is 0 Å². The van der Waals surface area contributed by atoms with Gasteiger partial charge in [-0.15, -0.1) is 0 Å². The van der Waals surface area contributed by atoms with E-state index >= 15 is 0 Å². The van der Waals surface area contributed by atoms with Gasteiger partial charge in [-0.3, -0.25) is 14.9 Å². The summed E-state index contributed by atoms with van der Waals surface area (Å²) in [6, 6.07) is 4.75. The highest BCUT2D eigenvalue weighted by molar-refractivity contribution is 6.07. The van der Waals surface area contributed by atoms with Gasteiger partial charge in [0, 0.05) is 17.8 Å². The van der Waals surface area contributed by atoms with Gasteiger partial charge in [-0.05, 0) is 24.3 Å². The third-order valence-electron chi connectivity index (χ3n) is 3.42. The van der Waals surface area contributed by atoms with Crippen molar-refractivity contribution >= 4 is 17.3 Å². The molecule has 1 N–H and O–H groups in total. The van der Waals surface area contributed by atoms with Crippen LogP contribution in [0.4, 0.5) is 33.3 Å². The van der Waals surface area contributed by atoms with E-state index in [4.69, 9.17) is 0 Å². The molecule has 2 aromatic carbocycles. The molecule has 12 heteroatoms. The molecule has 1 amide bonds. The number of benzene rings is 2. The van der Waals surface area contributed by atoms with Crippen LogP contribution in [0, 0.1) is 15.9 Å². The Morgan fingerprint density at radius 2 is 1.63 bits per heavy atom. The number of carbonyl (C=O) groups is 1. The van der Waals surface area contributed by atoms with Gasteiger partial charge < -0.3 is 14.8 Å². The molecular formula is C15H7F5N2O5. The van der Waals surface area contributed by atoms with Crippen molar-refractivity contribution < 1.29 is 41.1 Å². The third kappa shape index (κ3) is 3.32. The molecule has 0 spiro atoms. The van der Waals surface area contributed by atoms with Crippen LogP contribution in [0.1, 0.15) is 10.4 Å². The van der Waals surface area contributed by atoms with Crippen molar-refractivity contribution in [2.24, 2.45) is 0 Å². The minimum Gasteiger partial charge on any atom is -0.421 e. The monoisotopic (exact) mass is 390 g/mol. The maximum atomic E-state index is 13.3. The standard InChI is InChI=1S/C15H7F5N2O5/c16-7-1-3-10(22(24)25)9(5-7)13(23)21-8-2-4-11-12(6-8)27-15(19,20)14(17,18)26-11/h1-6H,(H,21,23). The molecule has 3 rings (SSSR count). The average molecular weight is 390 g/mol. The first kappa shape index (κ1) is 18.4. The Morgan fingerprint density at radius 1 is 1.00 bits per heavy atom. The molecule has 27 heavy (non-hydrogen) atoms. The van der Waals surface area contributed by atoms with Gasteiger partial charge in [0.15, 0.2) is 11.5 Å². The molecule has 0 unspecified atom stereocenters. The predicted octanol–water partition coefficient (Wildman–Crippen LogP) is 3.94. The quantitative estimate of drug-likeness (QED) is 0.487. The molecule has 0 atom stereocenters. The fraction of sp³-hybridized carbons (Fsp3) is 0.133. The maximum Gasteiger partial charge on any atom is 0.507 e. The molecule has 0 fully saturated rings. The van der Waals surface area contributed by atoms with E-state index in [-0.39, 0.29) is 5.69 Å². The number of fused-ring (bicyclic) bond motifs is 1. The maximum absolute atomic E-state index is 13.3. The lowest BCUT2D eigenvalue weighted by molar-refractivity contribution is -0.391. The van der Waals surface area contributed by atoms with Gasteiger partial charge in [-0.2, -0.15) is 17.6 Å². The molecular weight excluding hydrogens is 383 g/mol. The molecule has 0 saturated heterocycles. The zero-order valence-corrected chi connectivity index (χ0v) is 12.8. The Balaban J connectivity index is 1.89. The van der Waals surface area contributed by atoms with Crippen LogP contribution in [0.15, 0.2) is 36.4 Å². The molecule has 0 aromatic heterocycles. The van der Waals surface area contributed by atoms with Crippen LogP contribution in [0.3, 0.4) is 0 Å². The largest absolute Gasteiger partial charge is 0.507 e. The van der Waals surface area contributed by atoms with Crippen molar-refractivity contribution in [1.29, 1.82) is 0 Å². The van der Waals surface area contributed by atoms with Crippen molar-refractivity contribution in [2.45, 2.75) is 12.2 Å². The normalized spacial score (nSPS) is 16.5. The second kappa shape index (κ2) is 6.07. The molecule has 142 valence electrons. The summed E-state index contributed by atoms with van der Waals surface area (Å²) in [5.74, 6) is -3.55. The number of nitro benzene ring substituents is 1. The summed E-state index contributed by atoms with van der Waals surface area (Å²) >= 11 is 0. The number of alkyl halides is 4.